The first-order valence-electron chi connectivity index (χ1n) is 10.6. The zero-order valence-electron chi connectivity index (χ0n) is 17.9. The molecule has 5 rings (SSSR count). The highest BCUT2D eigenvalue weighted by Gasteiger charge is 2.42. The molecular weight excluding hydrogens is 466 g/mol. The highest BCUT2D eigenvalue weighted by Crippen LogP contribution is 2.39. The predicted molar refractivity (Wildman–Crippen MR) is 129 cm³/mol. The van der Waals surface area contributed by atoms with Gasteiger partial charge in [0, 0.05) is 11.0 Å². The summed E-state index contributed by atoms with van der Waals surface area (Å²) in [6.07, 6.45) is 0.691. The van der Waals surface area contributed by atoms with Crippen LogP contribution in [0.5, 0.6) is 0 Å². The van der Waals surface area contributed by atoms with Crippen molar-refractivity contribution in [3.63, 3.8) is 0 Å². The summed E-state index contributed by atoms with van der Waals surface area (Å²) in [6, 6.07) is 21.1. The maximum absolute atomic E-state index is 13.7. The van der Waals surface area contributed by atoms with Crippen molar-refractivity contribution in [2.45, 2.75) is 26.3 Å². The van der Waals surface area contributed by atoms with Gasteiger partial charge in [0.15, 0.2) is 5.43 Å². The van der Waals surface area contributed by atoms with Crippen LogP contribution in [0, 0.1) is 13.8 Å². The number of halogens is 1. The zero-order chi connectivity index (χ0) is 22.4. The third kappa shape index (κ3) is 3.47. The molecule has 4 aromatic rings. The van der Waals surface area contributed by atoms with E-state index in [0.717, 1.165) is 26.7 Å². The molecule has 0 radical (unpaired) electrons. The van der Waals surface area contributed by atoms with Crippen molar-refractivity contribution in [3.8, 4) is 0 Å². The van der Waals surface area contributed by atoms with Crippen LogP contribution >= 0.6 is 15.9 Å². The molecule has 4 nitrogen and oxygen atoms in total. The van der Waals surface area contributed by atoms with Gasteiger partial charge < -0.3 is 9.32 Å². The van der Waals surface area contributed by atoms with Crippen molar-refractivity contribution in [1.29, 1.82) is 0 Å². The van der Waals surface area contributed by atoms with Gasteiger partial charge in [-0.1, -0.05) is 58.4 Å². The number of carbonyl (C=O) groups excluding carboxylic acids is 1. The number of hydrogen-bond donors (Lipinski definition) is 0. The van der Waals surface area contributed by atoms with Crippen LogP contribution in [0.1, 0.15) is 44.4 Å². The lowest BCUT2D eigenvalue weighted by molar-refractivity contribution is 0.0730. The third-order valence-corrected chi connectivity index (χ3v) is 6.72. The van der Waals surface area contributed by atoms with Gasteiger partial charge in [-0.05, 0) is 66.8 Å². The Bertz CT molecular complexity index is 1410. The Kier molecular flexibility index (Phi) is 5.22. The smallest absolute Gasteiger partial charge is 0.290 e. The van der Waals surface area contributed by atoms with E-state index in [1.807, 2.05) is 80.6 Å². The number of nitrogens with zero attached hydrogens (tertiary/aromatic N) is 1. The summed E-state index contributed by atoms with van der Waals surface area (Å²) in [5, 5.41) is 0.518. The van der Waals surface area contributed by atoms with Crippen LogP contribution < -0.4 is 5.43 Å². The second kappa shape index (κ2) is 8.06. The molecule has 0 saturated heterocycles. The van der Waals surface area contributed by atoms with Gasteiger partial charge in [-0.3, -0.25) is 9.59 Å². The molecule has 5 heteroatoms. The summed E-state index contributed by atoms with van der Waals surface area (Å²) in [7, 11) is 0. The molecule has 1 unspecified atom stereocenters. The molecule has 0 spiro atoms. The minimum atomic E-state index is -0.485. The lowest BCUT2D eigenvalue weighted by Crippen LogP contribution is -2.31. The molecule has 0 saturated carbocycles. The third-order valence-electron chi connectivity index (χ3n) is 6.23. The first-order chi connectivity index (χ1) is 15.4. The molecule has 0 aliphatic carbocycles. The fourth-order valence-corrected chi connectivity index (χ4v) is 4.84. The Morgan fingerprint density at radius 1 is 0.938 bits per heavy atom. The summed E-state index contributed by atoms with van der Waals surface area (Å²) in [5.74, 6) is -0.0816. The molecule has 32 heavy (non-hydrogen) atoms. The van der Waals surface area contributed by atoms with Crippen LogP contribution in [0.3, 0.4) is 0 Å². The van der Waals surface area contributed by atoms with Crippen molar-refractivity contribution in [2.24, 2.45) is 0 Å². The number of carbonyl (C=O) groups is 1. The largest absolute Gasteiger partial charge is 0.450 e. The molecule has 1 amide bonds. The summed E-state index contributed by atoms with van der Waals surface area (Å²) in [5.41, 5.74) is 4.82. The van der Waals surface area contributed by atoms with Crippen LogP contribution in [0.4, 0.5) is 0 Å². The fraction of sp³-hybridized carbons (Fsp3) is 0.185. The number of hydrogen-bond acceptors (Lipinski definition) is 3. The van der Waals surface area contributed by atoms with Crippen LogP contribution in [0.2, 0.25) is 0 Å². The number of benzene rings is 3. The van der Waals surface area contributed by atoms with Gasteiger partial charge in [-0.15, -0.1) is 0 Å². The van der Waals surface area contributed by atoms with Crippen molar-refractivity contribution < 1.29 is 9.21 Å². The Labute approximate surface area is 194 Å². The minimum Gasteiger partial charge on any atom is -0.450 e. The number of aryl methyl sites for hydroxylation is 2. The molecule has 0 fully saturated rings. The zero-order valence-corrected chi connectivity index (χ0v) is 19.5. The Balaban J connectivity index is 1.68. The molecular formula is C27H22BrNO3. The molecule has 0 N–H and O–H groups in total. The SMILES string of the molecule is Cc1cc2oc3c(c(=O)c2cc1C)C(c1cccc(Br)c1)N(CCc1ccccc1)C3=O. The van der Waals surface area contributed by atoms with Gasteiger partial charge in [-0.25, -0.2) is 0 Å². The van der Waals surface area contributed by atoms with E-state index in [-0.39, 0.29) is 17.1 Å². The lowest BCUT2D eigenvalue weighted by atomic mass is 9.97. The quantitative estimate of drug-likeness (QED) is 0.356. The predicted octanol–water partition coefficient (Wildman–Crippen LogP) is 5.96. The minimum absolute atomic E-state index is 0.134. The van der Waals surface area contributed by atoms with Gasteiger partial charge in [0.2, 0.25) is 5.76 Å². The van der Waals surface area contributed by atoms with Crippen molar-refractivity contribution in [3.05, 3.63) is 115 Å². The molecule has 1 atom stereocenters. The van der Waals surface area contributed by atoms with E-state index in [9.17, 15) is 9.59 Å². The van der Waals surface area contributed by atoms with Crippen LogP contribution in [0.15, 0.2) is 80.4 Å². The molecule has 2 heterocycles. The van der Waals surface area contributed by atoms with E-state index in [0.29, 0.717) is 29.5 Å². The van der Waals surface area contributed by atoms with E-state index in [4.69, 9.17) is 4.42 Å². The highest BCUT2D eigenvalue weighted by molar-refractivity contribution is 9.10. The van der Waals surface area contributed by atoms with Crippen LogP contribution in [0.25, 0.3) is 11.0 Å². The molecule has 1 aliphatic heterocycles. The van der Waals surface area contributed by atoms with Crippen molar-refractivity contribution >= 4 is 32.8 Å². The number of fused-ring (bicyclic) bond motifs is 2. The Hall–Kier alpha value is -3.18. The van der Waals surface area contributed by atoms with Gasteiger partial charge in [0.1, 0.15) is 5.58 Å². The first kappa shape index (κ1) is 20.7. The molecule has 1 aromatic heterocycles. The lowest BCUT2D eigenvalue weighted by Gasteiger charge is -2.25. The van der Waals surface area contributed by atoms with E-state index in [2.05, 4.69) is 15.9 Å². The summed E-state index contributed by atoms with van der Waals surface area (Å²) in [6.45, 7) is 4.43. The maximum Gasteiger partial charge on any atom is 0.290 e. The van der Waals surface area contributed by atoms with E-state index in [1.165, 1.54) is 0 Å². The highest BCUT2D eigenvalue weighted by atomic mass is 79.9. The molecule has 160 valence electrons. The molecule has 1 aliphatic rings. The maximum atomic E-state index is 13.7. The second-order valence-electron chi connectivity index (χ2n) is 8.30. The van der Waals surface area contributed by atoms with E-state index < -0.39 is 6.04 Å². The summed E-state index contributed by atoms with van der Waals surface area (Å²) >= 11 is 3.53. The Morgan fingerprint density at radius 3 is 2.44 bits per heavy atom. The van der Waals surface area contributed by atoms with Gasteiger partial charge in [0.25, 0.3) is 5.91 Å². The molecule has 0 bridgehead atoms. The second-order valence-corrected chi connectivity index (χ2v) is 9.21. The van der Waals surface area contributed by atoms with Gasteiger partial charge in [-0.2, -0.15) is 0 Å². The number of amides is 1. The average Bonchev–Trinajstić information content (AvgIpc) is 3.06. The van der Waals surface area contributed by atoms with Gasteiger partial charge in [0.05, 0.1) is 17.0 Å². The van der Waals surface area contributed by atoms with Crippen LogP contribution in [-0.2, 0) is 6.42 Å². The van der Waals surface area contributed by atoms with Crippen LogP contribution in [-0.4, -0.2) is 17.4 Å². The summed E-state index contributed by atoms with van der Waals surface area (Å²) < 4.78 is 6.99. The number of rotatable bonds is 4. The molecule has 3 aromatic carbocycles. The van der Waals surface area contributed by atoms with E-state index in [1.54, 1.807) is 4.90 Å². The first-order valence-corrected chi connectivity index (χ1v) is 11.4. The average molecular weight is 488 g/mol. The summed E-state index contributed by atoms with van der Waals surface area (Å²) in [4.78, 5) is 29.0. The van der Waals surface area contributed by atoms with Gasteiger partial charge >= 0.3 is 0 Å². The normalized spacial score (nSPS) is 15.4. The standard InChI is InChI=1S/C27H22BrNO3/c1-16-13-21-22(14-17(16)2)32-26-23(25(21)30)24(19-9-6-10-20(28)15-19)29(27(26)31)12-11-18-7-4-3-5-8-18/h3-10,13-15,24H,11-12H2,1-2H3. The van der Waals surface area contributed by atoms with E-state index >= 15 is 0 Å². The topological polar surface area (TPSA) is 50.5 Å². The Morgan fingerprint density at radius 2 is 1.69 bits per heavy atom. The monoisotopic (exact) mass is 487 g/mol. The fourth-order valence-electron chi connectivity index (χ4n) is 4.42. The van der Waals surface area contributed by atoms with Crippen molar-refractivity contribution in [2.75, 3.05) is 6.54 Å². The van der Waals surface area contributed by atoms with Crippen molar-refractivity contribution in [1.82, 2.24) is 4.90 Å².